The molecule has 0 unspecified atom stereocenters. The molecule has 1 saturated heterocycles. The van der Waals surface area contributed by atoms with Crippen molar-refractivity contribution < 1.29 is 4.79 Å². The fraction of sp³-hybridized carbons (Fsp3) is 0.526. The minimum absolute atomic E-state index is 0.201. The molecule has 0 saturated carbocycles. The second-order valence-corrected chi connectivity index (χ2v) is 5.16. The van der Waals surface area contributed by atoms with Crippen LogP contribution in [0.25, 0.3) is 0 Å². The van der Waals surface area contributed by atoms with Crippen LogP contribution in [0.15, 0.2) is 30.3 Å². The predicted molar refractivity (Wildman–Crippen MR) is 93.9 cm³/mol. The maximum Gasteiger partial charge on any atom is 0.226 e. The number of hydrogen-bond donors (Lipinski definition) is 0. The monoisotopic (exact) mass is 300 g/mol. The van der Waals surface area contributed by atoms with Gasteiger partial charge in [0.1, 0.15) is 0 Å². The first-order chi connectivity index (χ1) is 10.8. The number of hydrogen-bond acceptors (Lipinski definition) is 2. The Hall–Kier alpha value is -1.79. The highest BCUT2D eigenvalue weighted by Gasteiger charge is 2.27. The Morgan fingerprint density at radius 1 is 1.27 bits per heavy atom. The van der Waals surface area contributed by atoms with Gasteiger partial charge in [-0.25, -0.2) is 0 Å². The lowest BCUT2D eigenvalue weighted by Gasteiger charge is -2.38. The third-order valence-electron chi connectivity index (χ3n) is 3.84. The maximum absolute atomic E-state index is 12.3. The van der Waals surface area contributed by atoms with Gasteiger partial charge in [0.25, 0.3) is 0 Å². The number of piperidine rings is 1. The van der Waals surface area contributed by atoms with Crippen molar-refractivity contribution in [3.8, 4) is 12.3 Å². The Balaban J connectivity index is 0.00000116. The summed E-state index contributed by atoms with van der Waals surface area (Å²) in [5.74, 6) is 2.89. The van der Waals surface area contributed by atoms with Crippen molar-refractivity contribution in [2.75, 3.05) is 24.5 Å². The van der Waals surface area contributed by atoms with Gasteiger partial charge in [0.15, 0.2) is 0 Å². The fourth-order valence-electron chi connectivity index (χ4n) is 2.78. The summed E-state index contributed by atoms with van der Waals surface area (Å²) in [6.07, 6.45) is 7.88. The lowest BCUT2D eigenvalue weighted by Crippen LogP contribution is -2.47. The number of nitrogens with zero attached hydrogens (tertiary/aromatic N) is 2. The number of likely N-dealkylation sites (tertiary alicyclic amines) is 1. The Kier molecular flexibility index (Phi) is 8.32. The molecule has 0 bridgehead atoms. The van der Waals surface area contributed by atoms with Crippen LogP contribution in [0.3, 0.4) is 0 Å². The van der Waals surface area contributed by atoms with Crippen molar-refractivity contribution in [3.05, 3.63) is 30.3 Å². The quantitative estimate of drug-likeness (QED) is 0.794. The zero-order chi connectivity index (χ0) is 16.4. The molecule has 1 heterocycles. The highest BCUT2D eigenvalue weighted by atomic mass is 16.2. The Bertz CT molecular complexity index is 470. The molecule has 22 heavy (non-hydrogen) atoms. The van der Waals surface area contributed by atoms with Crippen LogP contribution in [0.1, 0.15) is 40.0 Å². The molecular formula is C19H28N2O. The van der Waals surface area contributed by atoms with Crippen molar-refractivity contribution in [1.29, 1.82) is 0 Å². The lowest BCUT2D eigenvalue weighted by molar-refractivity contribution is -0.119. The molecule has 1 fully saturated rings. The average Bonchev–Trinajstić information content (AvgIpc) is 2.59. The largest absolute Gasteiger partial charge is 0.309 e. The van der Waals surface area contributed by atoms with Crippen LogP contribution in [-0.4, -0.2) is 36.5 Å². The van der Waals surface area contributed by atoms with Gasteiger partial charge in [-0.2, -0.15) is 0 Å². The molecule has 0 radical (unpaired) electrons. The topological polar surface area (TPSA) is 23.6 Å². The third kappa shape index (κ3) is 4.89. The van der Waals surface area contributed by atoms with Crippen LogP contribution < -0.4 is 4.90 Å². The molecule has 1 aliphatic heterocycles. The zero-order valence-electron chi connectivity index (χ0n) is 14.1. The Morgan fingerprint density at radius 2 is 1.86 bits per heavy atom. The highest BCUT2D eigenvalue weighted by molar-refractivity contribution is 5.93. The Labute approximate surface area is 135 Å². The summed E-state index contributed by atoms with van der Waals surface area (Å²) < 4.78 is 0. The Morgan fingerprint density at radius 3 is 2.36 bits per heavy atom. The molecule has 120 valence electrons. The molecular weight excluding hydrogens is 272 g/mol. The summed E-state index contributed by atoms with van der Waals surface area (Å²) in [4.78, 5) is 16.6. The first kappa shape index (κ1) is 18.3. The van der Waals surface area contributed by atoms with Crippen molar-refractivity contribution in [2.24, 2.45) is 0 Å². The number of anilines is 1. The van der Waals surface area contributed by atoms with E-state index in [9.17, 15) is 4.79 Å². The standard InChI is InChI=1S/C17H22N2O.C2H6/c1-3-12-18-13-10-16(11-14-18)19(17(20)4-2)15-8-6-5-7-9-15;1-2/h1,5-9,16H,4,10-14H2,2H3;1-2H3. The maximum atomic E-state index is 12.3. The summed E-state index contributed by atoms with van der Waals surface area (Å²) in [6.45, 7) is 8.57. The molecule has 3 heteroatoms. The van der Waals surface area contributed by atoms with Gasteiger partial charge in [0.05, 0.1) is 6.54 Å². The van der Waals surface area contributed by atoms with Crippen LogP contribution >= 0.6 is 0 Å². The van der Waals surface area contributed by atoms with Crippen LogP contribution in [-0.2, 0) is 4.79 Å². The highest BCUT2D eigenvalue weighted by Crippen LogP contribution is 2.24. The molecule has 0 spiro atoms. The van der Waals surface area contributed by atoms with Crippen LogP contribution in [0.2, 0.25) is 0 Å². The molecule has 0 aliphatic carbocycles. The van der Waals surface area contributed by atoms with Gasteiger partial charge in [-0.05, 0) is 25.0 Å². The SMILES string of the molecule is C#CCN1CCC(N(C(=O)CC)c2ccccc2)CC1.CC. The first-order valence-electron chi connectivity index (χ1n) is 8.29. The van der Waals surface area contributed by atoms with Gasteiger partial charge >= 0.3 is 0 Å². The number of carbonyl (C=O) groups excluding carboxylic acids is 1. The van der Waals surface area contributed by atoms with Gasteiger partial charge in [-0.3, -0.25) is 9.69 Å². The molecule has 0 atom stereocenters. The minimum Gasteiger partial charge on any atom is -0.309 e. The molecule has 2 rings (SSSR count). The number of carbonyl (C=O) groups is 1. The van der Waals surface area contributed by atoms with Crippen molar-refractivity contribution in [1.82, 2.24) is 4.90 Å². The number of benzene rings is 1. The van der Waals surface area contributed by atoms with Crippen molar-refractivity contribution >= 4 is 11.6 Å². The normalized spacial score (nSPS) is 15.4. The van der Waals surface area contributed by atoms with Gasteiger partial charge in [0, 0.05) is 31.2 Å². The lowest BCUT2D eigenvalue weighted by atomic mass is 10.0. The number of amides is 1. The number of rotatable bonds is 4. The van der Waals surface area contributed by atoms with Crippen molar-refractivity contribution in [3.63, 3.8) is 0 Å². The summed E-state index contributed by atoms with van der Waals surface area (Å²) in [5.41, 5.74) is 1.01. The fourth-order valence-corrected chi connectivity index (χ4v) is 2.78. The summed E-state index contributed by atoms with van der Waals surface area (Å²) in [5, 5.41) is 0. The second kappa shape index (κ2) is 10.0. The second-order valence-electron chi connectivity index (χ2n) is 5.16. The molecule has 3 nitrogen and oxygen atoms in total. The van der Waals surface area contributed by atoms with Crippen LogP contribution in [0.4, 0.5) is 5.69 Å². The van der Waals surface area contributed by atoms with E-state index in [1.54, 1.807) is 0 Å². The molecule has 1 aromatic rings. The third-order valence-corrected chi connectivity index (χ3v) is 3.84. The molecule has 1 amide bonds. The molecule has 0 aromatic heterocycles. The summed E-state index contributed by atoms with van der Waals surface area (Å²) in [6, 6.07) is 10.3. The molecule has 0 N–H and O–H groups in total. The summed E-state index contributed by atoms with van der Waals surface area (Å²) in [7, 11) is 0. The predicted octanol–water partition coefficient (Wildman–Crippen LogP) is 3.55. The smallest absolute Gasteiger partial charge is 0.226 e. The minimum atomic E-state index is 0.201. The van der Waals surface area contributed by atoms with Gasteiger partial charge < -0.3 is 4.90 Å². The first-order valence-corrected chi connectivity index (χ1v) is 8.29. The van der Waals surface area contributed by atoms with E-state index in [0.717, 1.165) is 31.6 Å². The average molecular weight is 300 g/mol. The number of terminal acetylenes is 1. The summed E-state index contributed by atoms with van der Waals surface area (Å²) >= 11 is 0. The van der Waals surface area contributed by atoms with E-state index in [-0.39, 0.29) is 5.91 Å². The zero-order valence-corrected chi connectivity index (χ0v) is 14.1. The van der Waals surface area contributed by atoms with E-state index in [2.05, 4.69) is 10.8 Å². The van der Waals surface area contributed by atoms with Gasteiger partial charge in [0.2, 0.25) is 5.91 Å². The van der Waals surface area contributed by atoms with E-state index >= 15 is 0 Å². The van der Waals surface area contributed by atoms with Gasteiger partial charge in [-0.1, -0.05) is 44.9 Å². The van der Waals surface area contributed by atoms with Crippen LogP contribution in [0, 0.1) is 12.3 Å². The van der Waals surface area contributed by atoms with E-state index in [0.29, 0.717) is 19.0 Å². The van der Waals surface area contributed by atoms with Gasteiger partial charge in [-0.15, -0.1) is 6.42 Å². The molecule has 1 aromatic carbocycles. The molecule has 1 aliphatic rings. The van der Waals surface area contributed by atoms with E-state index in [1.807, 2.05) is 56.0 Å². The van der Waals surface area contributed by atoms with E-state index in [1.165, 1.54) is 0 Å². The number of para-hydroxylation sites is 1. The van der Waals surface area contributed by atoms with E-state index < -0.39 is 0 Å². The van der Waals surface area contributed by atoms with E-state index in [4.69, 9.17) is 6.42 Å². The van der Waals surface area contributed by atoms with Crippen LogP contribution in [0.5, 0.6) is 0 Å². The van der Waals surface area contributed by atoms with Crippen molar-refractivity contribution in [2.45, 2.75) is 46.1 Å².